The Labute approximate surface area is 159 Å². The summed E-state index contributed by atoms with van der Waals surface area (Å²) in [5.41, 5.74) is 1.98. The van der Waals surface area contributed by atoms with Crippen LogP contribution in [0.15, 0.2) is 41.3 Å². The second-order valence-electron chi connectivity index (χ2n) is 6.97. The number of carbonyl (C=O) groups is 1. The van der Waals surface area contributed by atoms with Crippen LogP contribution in [0.5, 0.6) is 0 Å². The lowest BCUT2D eigenvalue weighted by molar-refractivity contribution is 0.102. The largest absolute Gasteiger partial charge is 0.321 e. The van der Waals surface area contributed by atoms with E-state index in [1.807, 2.05) is 32.0 Å². The number of anilines is 1. The molecule has 0 aliphatic heterocycles. The Morgan fingerprint density at radius 2 is 1.70 bits per heavy atom. The molecule has 27 heavy (non-hydrogen) atoms. The Kier molecular flexibility index (Phi) is 5.62. The van der Waals surface area contributed by atoms with Crippen molar-refractivity contribution in [2.24, 2.45) is 0 Å². The van der Waals surface area contributed by atoms with Gasteiger partial charge in [0.05, 0.1) is 10.5 Å². The normalized spacial score (nSPS) is 15.1. The van der Waals surface area contributed by atoms with Crippen LogP contribution in [0.4, 0.5) is 10.1 Å². The molecule has 1 saturated carbocycles. The van der Waals surface area contributed by atoms with Gasteiger partial charge in [0.25, 0.3) is 5.91 Å². The van der Waals surface area contributed by atoms with E-state index in [0.29, 0.717) is 5.69 Å². The van der Waals surface area contributed by atoms with Crippen LogP contribution in [-0.4, -0.2) is 20.4 Å². The van der Waals surface area contributed by atoms with Crippen molar-refractivity contribution in [2.45, 2.75) is 50.5 Å². The maximum absolute atomic E-state index is 14.2. The van der Waals surface area contributed by atoms with Crippen LogP contribution in [-0.2, 0) is 10.0 Å². The van der Waals surface area contributed by atoms with E-state index in [1.54, 1.807) is 0 Å². The Hall–Kier alpha value is -2.25. The van der Waals surface area contributed by atoms with Crippen LogP contribution in [0.2, 0.25) is 0 Å². The molecule has 0 aromatic heterocycles. The van der Waals surface area contributed by atoms with Crippen molar-refractivity contribution >= 4 is 21.6 Å². The highest BCUT2D eigenvalue weighted by Crippen LogP contribution is 2.24. The maximum Gasteiger partial charge on any atom is 0.258 e. The Morgan fingerprint density at radius 3 is 2.33 bits per heavy atom. The highest BCUT2D eigenvalue weighted by Gasteiger charge is 2.25. The summed E-state index contributed by atoms with van der Waals surface area (Å²) in [6.07, 6.45) is 3.56. The van der Waals surface area contributed by atoms with Crippen molar-refractivity contribution in [2.75, 3.05) is 5.32 Å². The van der Waals surface area contributed by atoms with E-state index >= 15 is 0 Å². The third-order valence-electron chi connectivity index (χ3n) is 4.89. The molecular weight excluding hydrogens is 367 g/mol. The van der Waals surface area contributed by atoms with E-state index in [1.165, 1.54) is 6.07 Å². The minimum atomic E-state index is -3.80. The molecule has 5 nitrogen and oxygen atoms in total. The topological polar surface area (TPSA) is 75.3 Å². The molecule has 3 rings (SSSR count). The molecule has 1 aliphatic rings. The molecule has 2 aromatic carbocycles. The zero-order valence-corrected chi connectivity index (χ0v) is 16.2. The van der Waals surface area contributed by atoms with Gasteiger partial charge >= 0.3 is 0 Å². The second-order valence-corrected chi connectivity index (χ2v) is 8.68. The third kappa shape index (κ3) is 4.36. The summed E-state index contributed by atoms with van der Waals surface area (Å²) in [6.45, 7) is 3.68. The van der Waals surface area contributed by atoms with Crippen molar-refractivity contribution < 1.29 is 17.6 Å². The minimum absolute atomic E-state index is 0.105. The molecule has 0 heterocycles. The average molecular weight is 390 g/mol. The van der Waals surface area contributed by atoms with Gasteiger partial charge in [-0.2, -0.15) is 0 Å². The number of hydrogen-bond donors (Lipinski definition) is 2. The Balaban J connectivity index is 1.87. The zero-order chi connectivity index (χ0) is 19.6. The van der Waals surface area contributed by atoms with Crippen LogP contribution in [0.3, 0.4) is 0 Å². The number of para-hydroxylation sites is 1. The number of amides is 1. The van der Waals surface area contributed by atoms with E-state index in [0.717, 1.165) is 48.9 Å². The lowest BCUT2D eigenvalue weighted by Gasteiger charge is -2.14. The molecular formula is C20H23FN2O3S. The molecule has 0 bridgehead atoms. The Bertz CT molecular complexity index is 947. The Morgan fingerprint density at radius 1 is 1.07 bits per heavy atom. The molecule has 2 N–H and O–H groups in total. The van der Waals surface area contributed by atoms with Crippen molar-refractivity contribution in [1.29, 1.82) is 0 Å². The van der Waals surface area contributed by atoms with Crippen molar-refractivity contribution in [3.05, 3.63) is 58.9 Å². The van der Waals surface area contributed by atoms with Crippen molar-refractivity contribution in [3.63, 3.8) is 0 Å². The fraction of sp³-hybridized carbons (Fsp3) is 0.350. The molecule has 1 fully saturated rings. The minimum Gasteiger partial charge on any atom is -0.321 e. The zero-order valence-electron chi connectivity index (χ0n) is 15.4. The lowest BCUT2D eigenvalue weighted by atomic mass is 10.1. The predicted molar refractivity (Wildman–Crippen MR) is 103 cm³/mol. The van der Waals surface area contributed by atoms with Gasteiger partial charge in [0.15, 0.2) is 0 Å². The second kappa shape index (κ2) is 7.78. The summed E-state index contributed by atoms with van der Waals surface area (Å²) in [7, 11) is -3.80. The maximum atomic E-state index is 14.2. The predicted octanol–water partition coefficient (Wildman–Crippen LogP) is 3.92. The summed E-state index contributed by atoms with van der Waals surface area (Å²) >= 11 is 0. The molecule has 0 spiro atoms. The van der Waals surface area contributed by atoms with E-state index in [2.05, 4.69) is 10.0 Å². The first kappa shape index (κ1) is 19.5. The number of rotatable bonds is 5. The number of carbonyl (C=O) groups excluding carboxylic acids is 1. The monoisotopic (exact) mass is 390 g/mol. The third-order valence-corrected chi connectivity index (χ3v) is 6.41. The van der Waals surface area contributed by atoms with Gasteiger partial charge < -0.3 is 5.32 Å². The highest BCUT2D eigenvalue weighted by atomic mass is 32.2. The van der Waals surface area contributed by atoms with Gasteiger partial charge in [-0.15, -0.1) is 0 Å². The fourth-order valence-corrected chi connectivity index (χ4v) is 4.70. The van der Waals surface area contributed by atoms with Crippen LogP contribution >= 0.6 is 0 Å². The first-order chi connectivity index (χ1) is 12.8. The molecule has 1 amide bonds. The van der Waals surface area contributed by atoms with Crippen molar-refractivity contribution in [1.82, 2.24) is 4.72 Å². The van der Waals surface area contributed by atoms with Gasteiger partial charge in [0.1, 0.15) is 5.82 Å². The van der Waals surface area contributed by atoms with Gasteiger partial charge in [-0.25, -0.2) is 17.5 Å². The number of benzene rings is 2. The molecule has 1 aliphatic carbocycles. The lowest BCUT2D eigenvalue weighted by Crippen LogP contribution is -2.32. The SMILES string of the molecule is Cc1cccc(C)c1NC(=O)c1cc(S(=O)(=O)NC2CCCC2)ccc1F. The average Bonchev–Trinajstić information content (AvgIpc) is 3.10. The van der Waals surface area contributed by atoms with E-state index in [9.17, 15) is 17.6 Å². The first-order valence-corrected chi connectivity index (χ1v) is 10.5. The van der Waals surface area contributed by atoms with Crippen LogP contribution in [0.25, 0.3) is 0 Å². The summed E-state index contributed by atoms with van der Waals surface area (Å²) in [4.78, 5) is 12.5. The molecule has 144 valence electrons. The number of halogens is 1. The van der Waals surface area contributed by atoms with E-state index < -0.39 is 21.7 Å². The summed E-state index contributed by atoms with van der Waals surface area (Å²) < 4.78 is 42.0. The van der Waals surface area contributed by atoms with Gasteiger partial charge in [-0.05, 0) is 56.0 Å². The quantitative estimate of drug-likeness (QED) is 0.813. The molecule has 2 aromatic rings. The van der Waals surface area contributed by atoms with Gasteiger partial charge in [-0.3, -0.25) is 4.79 Å². The summed E-state index contributed by atoms with van der Waals surface area (Å²) in [5.74, 6) is -1.44. The smallest absolute Gasteiger partial charge is 0.258 e. The van der Waals surface area contributed by atoms with Crippen LogP contribution < -0.4 is 10.0 Å². The number of sulfonamides is 1. The van der Waals surface area contributed by atoms with Gasteiger partial charge in [-0.1, -0.05) is 31.0 Å². The van der Waals surface area contributed by atoms with Crippen LogP contribution in [0.1, 0.15) is 47.2 Å². The molecule has 0 radical (unpaired) electrons. The van der Waals surface area contributed by atoms with Gasteiger partial charge in [0, 0.05) is 11.7 Å². The summed E-state index contributed by atoms with van der Waals surface area (Å²) in [6, 6.07) is 8.73. The number of hydrogen-bond acceptors (Lipinski definition) is 3. The first-order valence-electron chi connectivity index (χ1n) is 8.97. The summed E-state index contributed by atoms with van der Waals surface area (Å²) in [5, 5.41) is 2.69. The number of nitrogens with one attached hydrogen (secondary N) is 2. The van der Waals surface area contributed by atoms with Crippen molar-refractivity contribution in [3.8, 4) is 0 Å². The standard InChI is InChI=1S/C20H23FN2O3S/c1-13-6-5-7-14(2)19(13)22-20(24)17-12-16(10-11-18(17)21)27(25,26)23-15-8-3-4-9-15/h5-7,10-12,15,23H,3-4,8-9H2,1-2H3,(H,22,24). The molecule has 0 atom stereocenters. The number of aryl methyl sites for hydroxylation is 2. The van der Waals surface area contributed by atoms with E-state index in [4.69, 9.17) is 0 Å². The van der Waals surface area contributed by atoms with Crippen LogP contribution in [0, 0.1) is 19.7 Å². The fourth-order valence-electron chi connectivity index (χ4n) is 3.37. The highest BCUT2D eigenvalue weighted by molar-refractivity contribution is 7.89. The molecule has 7 heteroatoms. The van der Waals surface area contributed by atoms with E-state index in [-0.39, 0.29) is 16.5 Å². The molecule has 0 saturated heterocycles. The molecule has 0 unspecified atom stereocenters. The van der Waals surface area contributed by atoms with Gasteiger partial charge in [0.2, 0.25) is 10.0 Å².